The molecule has 0 spiro atoms. The number of nitrogens with zero attached hydrogens (tertiary/aromatic N) is 2. The molecular weight excluding hydrogens is 278 g/mol. The lowest BCUT2D eigenvalue weighted by molar-refractivity contribution is 0.168. The molecule has 1 aliphatic rings. The summed E-state index contributed by atoms with van der Waals surface area (Å²) in [4.78, 5) is 13.9. The maximum absolute atomic E-state index is 12.1. The van der Waals surface area contributed by atoms with Gasteiger partial charge in [-0.2, -0.15) is 5.26 Å². The van der Waals surface area contributed by atoms with Crippen LogP contribution in [0.2, 0.25) is 0 Å². The highest BCUT2D eigenvalue weighted by atomic mass is 16.5. The van der Waals surface area contributed by atoms with Gasteiger partial charge >= 0.3 is 6.03 Å². The fraction of sp³-hybridized carbons (Fsp3) is 0.529. The Kier molecular flexibility index (Phi) is 4.92. The van der Waals surface area contributed by atoms with Crippen molar-refractivity contribution in [3.8, 4) is 11.8 Å². The van der Waals surface area contributed by atoms with E-state index in [0.29, 0.717) is 25.9 Å². The Morgan fingerprint density at radius 3 is 2.55 bits per heavy atom. The highest BCUT2D eigenvalue weighted by molar-refractivity contribution is 5.74. The molecule has 0 aliphatic carbocycles. The molecule has 118 valence electrons. The lowest BCUT2D eigenvalue weighted by Gasteiger charge is -2.38. The van der Waals surface area contributed by atoms with Gasteiger partial charge in [-0.1, -0.05) is 18.2 Å². The molecule has 1 aromatic rings. The van der Waals surface area contributed by atoms with Crippen molar-refractivity contribution in [1.82, 2.24) is 10.2 Å². The van der Waals surface area contributed by atoms with E-state index < -0.39 is 5.41 Å². The summed E-state index contributed by atoms with van der Waals surface area (Å²) in [5, 5.41) is 12.7. The van der Waals surface area contributed by atoms with Gasteiger partial charge in [-0.3, -0.25) is 0 Å². The van der Waals surface area contributed by atoms with Gasteiger partial charge < -0.3 is 15.0 Å². The van der Waals surface area contributed by atoms with E-state index in [-0.39, 0.29) is 12.1 Å². The number of amides is 2. The largest absolute Gasteiger partial charge is 0.496 e. The van der Waals surface area contributed by atoms with Crippen molar-refractivity contribution < 1.29 is 9.53 Å². The van der Waals surface area contributed by atoms with Crippen LogP contribution in [0.5, 0.6) is 5.75 Å². The smallest absolute Gasteiger partial charge is 0.317 e. The number of piperidine rings is 1. The van der Waals surface area contributed by atoms with Gasteiger partial charge in [0.15, 0.2) is 0 Å². The van der Waals surface area contributed by atoms with Gasteiger partial charge in [0.1, 0.15) is 5.75 Å². The molecule has 0 aromatic heterocycles. The van der Waals surface area contributed by atoms with Crippen LogP contribution >= 0.6 is 0 Å². The number of urea groups is 1. The van der Waals surface area contributed by atoms with E-state index in [1.54, 1.807) is 12.0 Å². The Labute approximate surface area is 131 Å². The van der Waals surface area contributed by atoms with Crippen molar-refractivity contribution in [3.63, 3.8) is 0 Å². The average molecular weight is 301 g/mol. The monoisotopic (exact) mass is 301 g/mol. The first-order valence-electron chi connectivity index (χ1n) is 7.62. The Morgan fingerprint density at radius 1 is 1.36 bits per heavy atom. The lowest BCUT2D eigenvalue weighted by Crippen LogP contribution is -2.49. The standard InChI is InChI=1S/C17H23N3O2/c1-13(2)19-16(21)20-10-8-17(12-18,9-11-20)14-6-4-5-7-15(14)22-3/h4-7,13H,8-11H2,1-3H3,(H,19,21). The Bertz CT molecular complexity index is 570. The average Bonchev–Trinajstić information content (AvgIpc) is 2.54. The third-order valence-corrected chi connectivity index (χ3v) is 4.15. The third kappa shape index (κ3) is 3.16. The second-order valence-corrected chi connectivity index (χ2v) is 5.99. The summed E-state index contributed by atoms with van der Waals surface area (Å²) in [6.45, 7) is 5.03. The van der Waals surface area contributed by atoms with Gasteiger partial charge in [-0.15, -0.1) is 0 Å². The molecule has 0 unspecified atom stereocenters. The number of carbonyl (C=O) groups is 1. The highest BCUT2D eigenvalue weighted by Gasteiger charge is 2.39. The number of carbonyl (C=O) groups excluding carboxylic acids is 1. The molecule has 5 nitrogen and oxygen atoms in total. The quantitative estimate of drug-likeness (QED) is 0.933. The predicted octanol–water partition coefficient (Wildman–Crippen LogP) is 2.67. The van der Waals surface area contributed by atoms with Crippen molar-refractivity contribution in [2.24, 2.45) is 0 Å². The fourth-order valence-corrected chi connectivity index (χ4v) is 2.91. The van der Waals surface area contributed by atoms with Gasteiger partial charge in [-0.05, 0) is 32.8 Å². The molecular formula is C17H23N3O2. The van der Waals surface area contributed by atoms with Crippen LogP contribution in [0.25, 0.3) is 0 Å². The molecule has 1 aromatic carbocycles. The number of likely N-dealkylation sites (tertiary alicyclic amines) is 1. The molecule has 1 N–H and O–H groups in total. The van der Waals surface area contributed by atoms with Crippen LogP contribution in [0.4, 0.5) is 4.79 Å². The maximum Gasteiger partial charge on any atom is 0.317 e. The van der Waals surface area contributed by atoms with Gasteiger partial charge in [0.05, 0.1) is 18.6 Å². The van der Waals surface area contributed by atoms with Gasteiger partial charge in [0, 0.05) is 24.7 Å². The Balaban J connectivity index is 2.16. The van der Waals surface area contributed by atoms with E-state index in [1.807, 2.05) is 38.1 Å². The third-order valence-electron chi connectivity index (χ3n) is 4.15. The van der Waals surface area contributed by atoms with Crippen LogP contribution in [0.1, 0.15) is 32.3 Å². The first-order chi connectivity index (χ1) is 10.5. The van der Waals surface area contributed by atoms with Crippen molar-refractivity contribution in [1.29, 1.82) is 5.26 Å². The molecule has 1 heterocycles. The summed E-state index contributed by atoms with van der Waals surface area (Å²) >= 11 is 0. The zero-order valence-electron chi connectivity index (χ0n) is 13.4. The summed E-state index contributed by atoms with van der Waals surface area (Å²) in [6, 6.07) is 10.2. The van der Waals surface area contributed by atoms with E-state index in [4.69, 9.17) is 4.74 Å². The normalized spacial score (nSPS) is 17.0. The SMILES string of the molecule is COc1ccccc1C1(C#N)CCN(C(=O)NC(C)C)CC1. The first kappa shape index (κ1) is 16.2. The van der Waals surface area contributed by atoms with Crippen molar-refractivity contribution in [2.45, 2.75) is 38.1 Å². The molecule has 0 atom stereocenters. The first-order valence-corrected chi connectivity index (χ1v) is 7.62. The lowest BCUT2D eigenvalue weighted by atomic mass is 9.73. The minimum atomic E-state index is -0.582. The predicted molar refractivity (Wildman–Crippen MR) is 84.8 cm³/mol. The second-order valence-electron chi connectivity index (χ2n) is 5.99. The van der Waals surface area contributed by atoms with Crippen molar-refractivity contribution >= 4 is 6.03 Å². The Morgan fingerprint density at radius 2 is 2.00 bits per heavy atom. The number of rotatable bonds is 3. The molecule has 2 rings (SSSR count). The van der Waals surface area contributed by atoms with E-state index >= 15 is 0 Å². The molecule has 0 bridgehead atoms. The zero-order chi connectivity index (χ0) is 16.2. The number of methoxy groups -OCH3 is 1. The van der Waals surface area contributed by atoms with E-state index in [1.165, 1.54) is 0 Å². The Hall–Kier alpha value is -2.22. The van der Waals surface area contributed by atoms with Gasteiger partial charge in [0.25, 0.3) is 0 Å². The molecule has 22 heavy (non-hydrogen) atoms. The molecule has 1 aliphatic heterocycles. The number of para-hydroxylation sites is 1. The molecule has 0 saturated carbocycles. The number of hydrogen-bond acceptors (Lipinski definition) is 3. The second kappa shape index (κ2) is 6.69. The van der Waals surface area contributed by atoms with Crippen LogP contribution in [-0.2, 0) is 5.41 Å². The van der Waals surface area contributed by atoms with Gasteiger partial charge in [-0.25, -0.2) is 4.79 Å². The highest BCUT2D eigenvalue weighted by Crippen LogP contribution is 2.39. The summed E-state index contributed by atoms with van der Waals surface area (Å²) in [5.41, 5.74) is 0.338. The van der Waals surface area contributed by atoms with Crippen LogP contribution in [0.3, 0.4) is 0 Å². The van der Waals surface area contributed by atoms with Crippen molar-refractivity contribution in [2.75, 3.05) is 20.2 Å². The van der Waals surface area contributed by atoms with Crippen LogP contribution in [0, 0.1) is 11.3 Å². The summed E-state index contributed by atoms with van der Waals surface area (Å²) in [7, 11) is 1.62. The maximum atomic E-state index is 12.1. The number of ether oxygens (including phenoxy) is 1. The summed E-state index contributed by atoms with van der Waals surface area (Å²) in [5.74, 6) is 0.740. The molecule has 5 heteroatoms. The minimum absolute atomic E-state index is 0.0541. The molecule has 0 radical (unpaired) electrons. The van der Waals surface area contributed by atoms with Crippen LogP contribution in [0.15, 0.2) is 24.3 Å². The number of benzene rings is 1. The van der Waals surface area contributed by atoms with Gasteiger partial charge in [0.2, 0.25) is 0 Å². The topological polar surface area (TPSA) is 65.4 Å². The van der Waals surface area contributed by atoms with Crippen molar-refractivity contribution in [3.05, 3.63) is 29.8 Å². The summed E-state index contributed by atoms with van der Waals surface area (Å²) < 4.78 is 5.41. The number of nitriles is 1. The molecule has 1 fully saturated rings. The fourth-order valence-electron chi connectivity index (χ4n) is 2.91. The minimum Gasteiger partial charge on any atom is -0.496 e. The van der Waals surface area contributed by atoms with Crippen LogP contribution in [-0.4, -0.2) is 37.2 Å². The zero-order valence-corrected chi connectivity index (χ0v) is 13.4. The number of hydrogen-bond donors (Lipinski definition) is 1. The number of nitrogens with one attached hydrogen (secondary N) is 1. The van der Waals surface area contributed by atoms with E-state index in [2.05, 4.69) is 11.4 Å². The molecule has 1 saturated heterocycles. The molecule has 2 amide bonds. The summed E-state index contributed by atoms with van der Waals surface area (Å²) in [6.07, 6.45) is 1.24. The van der Waals surface area contributed by atoms with Crippen LogP contribution < -0.4 is 10.1 Å². The van der Waals surface area contributed by atoms with E-state index in [9.17, 15) is 10.1 Å². The van der Waals surface area contributed by atoms with E-state index in [0.717, 1.165) is 11.3 Å².